The standard InChI is InChI=1S/C9H14O4/c1-3-5-7(9(12)13)6(4-2)8(10)11/h3,6-7H,1,4-5H2,2H3,(H,10,11)(H,12,13). The van der Waals surface area contributed by atoms with Gasteiger partial charge in [0.1, 0.15) is 0 Å². The Hall–Kier alpha value is -1.32. The summed E-state index contributed by atoms with van der Waals surface area (Å²) in [5, 5.41) is 17.5. The van der Waals surface area contributed by atoms with E-state index >= 15 is 0 Å². The summed E-state index contributed by atoms with van der Waals surface area (Å²) in [7, 11) is 0. The number of carboxylic acid groups (broad SMARTS) is 2. The van der Waals surface area contributed by atoms with Gasteiger partial charge >= 0.3 is 11.9 Å². The Morgan fingerprint density at radius 1 is 1.31 bits per heavy atom. The number of aliphatic carboxylic acids is 2. The summed E-state index contributed by atoms with van der Waals surface area (Å²) in [5.41, 5.74) is 0. The highest BCUT2D eigenvalue weighted by atomic mass is 16.4. The molecule has 0 fully saturated rings. The van der Waals surface area contributed by atoms with Crippen LogP contribution in [0.2, 0.25) is 0 Å². The van der Waals surface area contributed by atoms with Gasteiger partial charge in [0, 0.05) is 0 Å². The topological polar surface area (TPSA) is 74.6 Å². The summed E-state index contributed by atoms with van der Waals surface area (Å²) in [6.45, 7) is 5.07. The first-order chi connectivity index (χ1) is 6.04. The van der Waals surface area contributed by atoms with Crippen molar-refractivity contribution in [1.82, 2.24) is 0 Å². The third kappa shape index (κ3) is 3.27. The first-order valence-electron chi connectivity index (χ1n) is 4.11. The van der Waals surface area contributed by atoms with E-state index in [2.05, 4.69) is 6.58 Å². The van der Waals surface area contributed by atoms with E-state index in [0.717, 1.165) is 0 Å². The van der Waals surface area contributed by atoms with Crippen molar-refractivity contribution in [2.24, 2.45) is 11.8 Å². The average molecular weight is 186 g/mol. The number of carboxylic acids is 2. The molecule has 0 rings (SSSR count). The summed E-state index contributed by atoms with van der Waals surface area (Å²) in [5.74, 6) is -3.82. The number of rotatable bonds is 6. The molecule has 0 amide bonds. The minimum absolute atomic E-state index is 0.195. The molecule has 0 aromatic carbocycles. The van der Waals surface area contributed by atoms with Gasteiger partial charge in [0.25, 0.3) is 0 Å². The van der Waals surface area contributed by atoms with E-state index in [-0.39, 0.29) is 6.42 Å². The van der Waals surface area contributed by atoms with Crippen LogP contribution < -0.4 is 0 Å². The monoisotopic (exact) mass is 186 g/mol. The van der Waals surface area contributed by atoms with E-state index in [4.69, 9.17) is 10.2 Å². The lowest BCUT2D eigenvalue weighted by molar-refractivity contribution is -0.153. The van der Waals surface area contributed by atoms with Gasteiger partial charge in [-0.3, -0.25) is 9.59 Å². The van der Waals surface area contributed by atoms with Crippen molar-refractivity contribution in [3.63, 3.8) is 0 Å². The fraction of sp³-hybridized carbons (Fsp3) is 0.556. The number of carbonyl (C=O) groups is 2. The molecule has 0 aliphatic rings. The maximum absolute atomic E-state index is 10.7. The summed E-state index contributed by atoms with van der Waals surface area (Å²) in [4.78, 5) is 21.3. The van der Waals surface area contributed by atoms with Crippen LogP contribution in [0.1, 0.15) is 19.8 Å². The Bertz CT molecular complexity index is 210. The third-order valence-corrected chi connectivity index (χ3v) is 1.98. The smallest absolute Gasteiger partial charge is 0.307 e. The van der Waals surface area contributed by atoms with Gasteiger partial charge in [-0.15, -0.1) is 6.58 Å². The molecule has 4 nitrogen and oxygen atoms in total. The number of hydrogen-bond donors (Lipinski definition) is 2. The predicted molar refractivity (Wildman–Crippen MR) is 47.4 cm³/mol. The summed E-state index contributed by atoms with van der Waals surface area (Å²) < 4.78 is 0. The van der Waals surface area contributed by atoms with Gasteiger partial charge in [0.15, 0.2) is 0 Å². The zero-order chi connectivity index (χ0) is 10.4. The summed E-state index contributed by atoms with van der Waals surface area (Å²) in [6, 6.07) is 0. The second kappa shape index (κ2) is 5.35. The molecule has 2 N–H and O–H groups in total. The Labute approximate surface area is 76.9 Å². The van der Waals surface area contributed by atoms with E-state index in [1.807, 2.05) is 0 Å². The maximum Gasteiger partial charge on any atom is 0.307 e. The van der Waals surface area contributed by atoms with Crippen molar-refractivity contribution in [2.75, 3.05) is 0 Å². The van der Waals surface area contributed by atoms with Crippen molar-refractivity contribution in [3.8, 4) is 0 Å². The van der Waals surface area contributed by atoms with Crippen molar-refractivity contribution in [1.29, 1.82) is 0 Å². The van der Waals surface area contributed by atoms with Crippen LogP contribution in [0, 0.1) is 11.8 Å². The second-order valence-electron chi connectivity index (χ2n) is 2.82. The third-order valence-electron chi connectivity index (χ3n) is 1.98. The lowest BCUT2D eigenvalue weighted by Crippen LogP contribution is -2.28. The number of allylic oxidation sites excluding steroid dienone is 1. The molecule has 0 spiro atoms. The molecule has 4 heteroatoms. The molecule has 74 valence electrons. The lowest BCUT2D eigenvalue weighted by Gasteiger charge is -2.16. The molecule has 2 unspecified atom stereocenters. The molecule has 0 aromatic rings. The van der Waals surface area contributed by atoms with E-state index in [0.29, 0.717) is 6.42 Å². The molecule has 0 aromatic heterocycles. The van der Waals surface area contributed by atoms with Crippen LogP contribution in [0.25, 0.3) is 0 Å². The van der Waals surface area contributed by atoms with E-state index in [1.165, 1.54) is 6.08 Å². The second-order valence-corrected chi connectivity index (χ2v) is 2.82. The average Bonchev–Trinajstić information content (AvgIpc) is 2.03. The summed E-state index contributed by atoms with van der Waals surface area (Å²) >= 11 is 0. The SMILES string of the molecule is C=CCC(C(=O)O)C(CC)C(=O)O. The molecule has 2 atom stereocenters. The van der Waals surface area contributed by atoms with Crippen LogP contribution in [-0.2, 0) is 9.59 Å². The molecule has 0 aliphatic carbocycles. The maximum atomic E-state index is 10.7. The van der Waals surface area contributed by atoms with Gasteiger partial charge in [-0.05, 0) is 12.8 Å². The molecule has 0 aliphatic heterocycles. The molecule has 13 heavy (non-hydrogen) atoms. The first-order valence-corrected chi connectivity index (χ1v) is 4.11. The predicted octanol–water partition coefficient (Wildman–Crippen LogP) is 1.37. The molecular weight excluding hydrogens is 172 g/mol. The highest BCUT2D eigenvalue weighted by molar-refractivity contribution is 5.80. The zero-order valence-electron chi connectivity index (χ0n) is 7.56. The van der Waals surface area contributed by atoms with Crippen molar-refractivity contribution in [2.45, 2.75) is 19.8 Å². The van der Waals surface area contributed by atoms with Gasteiger partial charge in [0.2, 0.25) is 0 Å². The van der Waals surface area contributed by atoms with Crippen LogP contribution in [-0.4, -0.2) is 22.2 Å². The highest BCUT2D eigenvalue weighted by Crippen LogP contribution is 2.20. The van der Waals surface area contributed by atoms with Crippen LogP contribution in [0.15, 0.2) is 12.7 Å². The van der Waals surface area contributed by atoms with Crippen molar-refractivity contribution in [3.05, 3.63) is 12.7 Å². The van der Waals surface area contributed by atoms with E-state index in [9.17, 15) is 9.59 Å². The Kier molecular flexibility index (Phi) is 4.80. The van der Waals surface area contributed by atoms with Crippen molar-refractivity contribution >= 4 is 11.9 Å². The normalized spacial score (nSPS) is 14.5. The molecular formula is C9H14O4. The largest absolute Gasteiger partial charge is 0.481 e. The van der Waals surface area contributed by atoms with Gasteiger partial charge in [-0.25, -0.2) is 0 Å². The fourth-order valence-electron chi connectivity index (χ4n) is 1.25. The van der Waals surface area contributed by atoms with Gasteiger partial charge in [-0.1, -0.05) is 13.0 Å². The number of hydrogen-bond acceptors (Lipinski definition) is 2. The molecule has 0 bridgehead atoms. The van der Waals surface area contributed by atoms with Crippen molar-refractivity contribution < 1.29 is 19.8 Å². The minimum Gasteiger partial charge on any atom is -0.481 e. The molecule has 0 radical (unpaired) electrons. The van der Waals surface area contributed by atoms with Gasteiger partial charge < -0.3 is 10.2 Å². The first kappa shape index (κ1) is 11.7. The fourth-order valence-corrected chi connectivity index (χ4v) is 1.25. The molecule has 0 heterocycles. The van der Waals surface area contributed by atoms with Gasteiger partial charge in [0.05, 0.1) is 11.8 Å². The van der Waals surface area contributed by atoms with E-state index in [1.54, 1.807) is 6.92 Å². The van der Waals surface area contributed by atoms with E-state index < -0.39 is 23.8 Å². The summed E-state index contributed by atoms with van der Waals surface area (Å²) in [6.07, 6.45) is 1.95. The highest BCUT2D eigenvalue weighted by Gasteiger charge is 2.30. The minimum atomic E-state index is -1.07. The quantitative estimate of drug-likeness (QED) is 0.614. The lowest BCUT2D eigenvalue weighted by atomic mass is 9.87. The van der Waals surface area contributed by atoms with Crippen LogP contribution >= 0.6 is 0 Å². The van der Waals surface area contributed by atoms with Crippen LogP contribution in [0.4, 0.5) is 0 Å². The Balaban J connectivity index is 4.57. The Morgan fingerprint density at radius 2 is 1.77 bits per heavy atom. The Morgan fingerprint density at radius 3 is 2.00 bits per heavy atom. The van der Waals surface area contributed by atoms with Crippen LogP contribution in [0.3, 0.4) is 0 Å². The zero-order valence-corrected chi connectivity index (χ0v) is 7.56. The molecule has 0 saturated carbocycles. The van der Waals surface area contributed by atoms with Gasteiger partial charge in [-0.2, -0.15) is 0 Å². The molecule has 0 saturated heterocycles. The van der Waals surface area contributed by atoms with Crippen LogP contribution in [0.5, 0.6) is 0 Å².